The molecular formula is C21H25N3O3. The fraction of sp³-hybridized carbons (Fsp3) is 0.381. The van der Waals surface area contributed by atoms with Crippen LogP contribution in [0.3, 0.4) is 0 Å². The van der Waals surface area contributed by atoms with Crippen LogP contribution in [0.25, 0.3) is 6.08 Å². The summed E-state index contributed by atoms with van der Waals surface area (Å²) < 4.78 is 2.35. The van der Waals surface area contributed by atoms with Crippen LogP contribution < -0.4 is 16.6 Å². The third kappa shape index (κ3) is 4.27. The molecule has 6 nitrogen and oxygen atoms in total. The number of nitrogens with one attached hydrogen (secondary N) is 1. The Morgan fingerprint density at radius 3 is 2.48 bits per heavy atom. The number of rotatable bonds is 5. The van der Waals surface area contributed by atoms with Gasteiger partial charge < -0.3 is 9.88 Å². The Kier molecular flexibility index (Phi) is 5.74. The maximum absolute atomic E-state index is 12.5. The molecule has 1 heterocycles. The number of hydrogen-bond acceptors (Lipinski definition) is 3. The first kappa shape index (κ1) is 18.9. The van der Waals surface area contributed by atoms with Crippen molar-refractivity contribution in [1.82, 2.24) is 14.5 Å². The zero-order valence-electron chi connectivity index (χ0n) is 15.7. The Morgan fingerprint density at radius 1 is 1.15 bits per heavy atom. The lowest BCUT2D eigenvalue weighted by atomic mass is 9.91. The fourth-order valence-electron chi connectivity index (χ4n) is 3.74. The Labute approximate surface area is 158 Å². The van der Waals surface area contributed by atoms with E-state index in [1.54, 1.807) is 7.05 Å². The van der Waals surface area contributed by atoms with Crippen molar-refractivity contribution >= 4 is 12.0 Å². The lowest BCUT2D eigenvalue weighted by molar-refractivity contribution is -0.117. The van der Waals surface area contributed by atoms with Crippen LogP contribution in [0.2, 0.25) is 0 Å². The lowest BCUT2D eigenvalue weighted by Crippen LogP contribution is -2.37. The van der Waals surface area contributed by atoms with Gasteiger partial charge in [-0.3, -0.25) is 14.2 Å². The largest absolute Gasteiger partial charge is 0.345 e. The van der Waals surface area contributed by atoms with Crippen molar-refractivity contribution in [2.45, 2.75) is 31.7 Å². The molecule has 3 rings (SSSR count). The summed E-state index contributed by atoms with van der Waals surface area (Å²) in [5.74, 6) is 0.182. The maximum Gasteiger partial charge on any atom is 0.330 e. The minimum Gasteiger partial charge on any atom is -0.345 e. The molecule has 1 atom stereocenters. The van der Waals surface area contributed by atoms with Crippen molar-refractivity contribution in [2.75, 3.05) is 0 Å². The number of hydrogen-bond donors (Lipinski definition) is 1. The van der Waals surface area contributed by atoms with E-state index in [0.29, 0.717) is 11.5 Å². The molecule has 1 fully saturated rings. The van der Waals surface area contributed by atoms with Gasteiger partial charge in [-0.15, -0.1) is 0 Å². The molecule has 0 bridgehead atoms. The normalized spacial score (nSPS) is 15.9. The van der Waals surface area contributed by atoms with E-state index in [0.717, 1.165) is 23.0 Å². The van der Waals surface area contributed by atoms with Gasteiger partial charge in [-0.25, -0.2) is 4.79 Å². The molecule has 1 aliphatic carbocycles. The number of amides is 1. The van der Waals surface area contributed by atoms with Gasteiger partial charge in [0, 0.05) is 26.4 Å². The van der Waals surface area contributed by atoms with Crippen LogP contribution in [0.15, 0.2) is 52.2 Å². The number of aromatic nitrogens is 2. The van der Waals surface area contributed by atoms with Crippen molar-refractivity contribution in [3.8, 4) is 0 Å². The van der Waals surface area contributed by atoms with Crippen molar-refractivity contribution in [3.05, 3.63) is 74.6 Å². The van der Waals surface area contributed by atoms with Gasteiger partial charge in [0.25, 0.3) is 5.56 Å². The van der Waals surface area contributed by atoms with Crippen LogP contribution in [0.4, 0.5) is 0 Å². The highest BCUT2D eigenvalue weighted by Gasteiger charge is 2.27. The summed E-state index contributed by atoms with van der Waals surface area (Å²) in [6.45, 7) is 0. The van der Waals surface area contributed by atoms with Crippen LogP contribution >= 0.6 is 0 Å². The van der Waals surface area contributed by atoms with Crippen LogP contribution in [0, 0.1) is 5.92 Å². The van der Waals surface area contributed by atoms with E-state index >= 15 is 0 Å². The second kappa shape index (κ2) is 8.20. The average molecular weight is 367 g/mol. The summed E-state index contributed by atoms with van der Waals surface area (Å²) in [6, 6.07) is 9.97. The average Bonchev–Trinajstić information content (AvgIpc) is 3.21. The first-order valence-electron chi connectivity index (χ1n) is 9.27. The summed E-state index contributed by atoms with van der Waals surface area (Å²) in [4.78, 5) is 36.5. The molecule has 1 saturated carbocycles. The molecule has 6 heteroatoms. The summed E-state index contributed by atoms with van der Waals surface area (Å²) in [5, 5.41) is 3.10. The molecule has 1 aliphatic rings. The highest BCUT2D eigenvalue weighted by atomic mass is 16.2. The number of carbonyl (C=O) groups is 1. The quantitative estimate of drug-likeness (QED) is 0.823. The summed E-state index contributed by atoms with van der Waals surface area (Å²) in [6.07, 6.45) is 8.86. The predicted octanol–water partition coefficient (Wildman–Crippen LogP) is 2.14. The number of carbonyl (C=O) groups excluding carboxylic acids is 1. The molecule has 1 N–H and O–H groups in total. The van der Waals surface area contributed by atoms with Gasteiger partial charge in [-0.2, -0.15) is 0 Å². The fourth-order valence-corrected chi connectivity index (χ4v) is 3.74. The van der Waals surface area contributed by atoms with Crippen molar-refractivity contribution in [2.24, 2.45) is 20.0 Å². The van der Waals surface area contributed by atoms with Crippen LogP contribution in [-0.2, 0) is 18.9 Å². The van der Waals surface area contributed by atoms with Gasteiger partial charge in [0.2, 0.25) is 5.91 Å². The zero-order chi connectivity index (χ0) is 19.4. The second-order valence-electron chi connectivity index (χ2n) is 7.12. The molecule has 0 saturated heterocycles. The molecule has 1 amide bonds. The Morgan fingerprint density at radius 2 is 1.81 bits per heavy atom. The minimum atomic E-state index is -0.419. The Balaban J connectivity index is 1.80. The Hall–Kier alpha value is -2.89. The first-order valence-corrected chi connectivity index (χ1v) is 9.27. The molecule has 0 aliphatic heterocycles. The van der Waals surface area contributed by atoms with Crippen molar-refractivity contribution in [1.29, 1.82) is 0 Å². The standard InChI is InChI=1S/C21H25N3O3/c1-23-14-17(20(26)24(2)21(23)27)12-13-18(25)22-19(16-10-6-7-11-16)15-8-4-3-5-9-15/h3-5,8-9,12-14,16,19H,6-7,10-11H2,1-2H3,(H,22,25)/b13-12+/t19-/m1/s1. The molecule has 0 unspecified atom stereocenters. The van der Waals surface area contributed by atoms with Crippen molar-refractivity contribution in [3.63, 3.8) is 0 Å². The van der Waals surface area contributed by atoms with Gasteiger partial charge in [-0.1, -0.05) is 43.2 Å². The van der Waals surface area contributed by atoms with Crippen molar-refractivity contribution < 1.29 is 4.79 Å². The first-order chi connectivity index (χ1) is 13.0. The van der Waals surface area contributed by atoms with E-state index in [-0.39, 0.29) is 11.9 Å². The van der Waals surface area contributed by atoms with E-state index in [1.165, 1.54) is 42.8 Å². The van der Waals surface area contributed by atoms with Gasteiger partial charge >= 0.3 is 5.69 Å². The van der Waals surface area contributed by atoms with E-state index in [2.05, 4.69) is 5.32 Å². The second-order valence-corrected chi connectivity index (χ2v) is 7.12. The van der Waals surface area contributed by atoms with Crippen LogP contribution in [0.5, 0.6) is 0 Å². The van der Waals surface area contributed by atoms with E-state index in [1.807, 2.05) is 30.3 Å². The zero-order valence-corrected chi connectivity index (χ0v) is 15.7. The van der Waals surface area contributed by atoms with Gasteiger partial charge in [0.15, 0.2) is 0 Å². The number of nitrogens with zero attached hydrogens (tertiary/aromatic N) is 2. The highest BCUT2D eigenvalue weighted by molar-refractivity contribution is 5.91. The van der Waals surface area contributed by atoms with Crippen LogP contribution in [0.1, 0.15) is 42.9 Å². The molecule has 1 aromatic heterocycles. The van der Waals surface area contributed by atoms with Gasteiger partial charge in [0.05, 0.1) is 11.6 Å². The molecule has 2 aromatic rings. The molecule has 142 valence electrons. The van der Waals surface area contributed by atoms with Crippen LogP contribution in [-0.4, -0.2) is 15.0 Å². The summed E-state index contributed by atoms with van der Waals surface area (Å²) in [7, 11) is 3.00. The number of aryl methyl sites for hydroxylation is 1. The predicted molar refractivity (Wildman–Crippen MR) is 105 cm³/mol. The minimum absolute atomic E-state index is 0.0335. The molecular weight excluding hydrogens is 342 g/mol. The number of benzene rings is 1. The van der Waals surface area contributed by atoms with Gasteiger partial charge in [0.1, 0.15) is 0 Å². The summed E-state index contributed by atoms with van der Waals surface area (Å²) >= 11 is 0. The third-order valence-corrected chi connectivity index (χ3v) is 5.21. The lowest BCUT2D eigenvalue weighted by Gasteiger charge is -2.24. The topological polar surface area (TPSA) is 73.1 Å². The SMILES string of the molecule is Cn1cc(/C=C/C(=O)N[C@H](c2ccccc2)C2CCCC2)c(=O)n(C)c1=O. The highest BCUT2D eigenvalue weighted by Crippen LogP contribution is 2.35. The third-order valence-electron chi connectivity index (χ3n) is 5.21. The summed E-state index contributed by atoms with van der Waals surface area (Å²) in [5.41, 5.74) is 0.584. The Bertz CT molecular complexity index is 951. The molecule has 27 heavy (non-hydrogen) atoms. The van der Waals surface area contributed by atoms with Gasteiger partial charge in [-0.05, 0) is 30.4 Å². The van der Waals surface area contributed by atoms with E-state index in [4.69, 9.17) is 0 Å². The monoisotopic (exact) mass is 367 g/mol. The molecule has 0 spiro atoms. The van der Waals surface area contributed by atoms with E-state index < -0.39 is 11.2 Å². The molecule has 0 radical (unpaired) electrons. The smallest absolute Gasteiger partial charge is 0.330 e. The molecule has 1 aromatic carbocycles. The van der Waals surface area contributed by atoms with E-state index in [9.17, 15) is 14.4 Å². The maximum atomic E-state index is 12.5.